The summed E-state index contributed by atoms with van der Waals surface area (Å²) in [7, 11) is 0. The maximum Gasteiger partial charge on any atom is 0.407 e. The number of nitrogens with one attached hydrogen (secondary N) is 2. The summed E-state index contributed by atoms with van der Waals surface area (Å²) in [6.07, 6.45) is 19.9. The van der Waals surface area contributed by atoms with Crippen LogP contribution in [0.3, 0.4) is 0 Å². The molecule has 0 aliphatic heterocycles. The molecule has 0 radical (unpaired) electrons. The second kappa shape index (κ2) is 34.2. The van der Waals surface area contributed by atoms with Crippen LogP contribution >= 0.6 is 11.8 Å². The maximum atomic E-state index is 14.0. The molecule has 2 aromatic rings. The van der Waals surface area contributed by atoms with Crippen LogP contribution in [0.15, 0.2) is 48.5 Å². The van der Waals surface area contributed by atoms with E-state index >= 15 is 0 Å². The van der Waals surface area contributed by atoms with Gasteiger partial charge in [0.1, 0.15) is 37.6 Å². The number of carbonyl (C=O) groups excluding carboxylic acids is 5. The summed E-state index contributed by atoms with van der Waals surface area (Å²) < 4.78 is 28.4. The monoisotopic (exact) mass is 967 g/mol. The van der Waals surface area contributed by atoms with Gasteiger partial charge in [0.25, 0.3) is 0 Å². The standard InChI is InChI=1S/C55H86N2O10S/c1-7-10-12-14-16-18-20-22-24-34-50(58)64-37-43(66-51(59)35-25-23-21-19-17-15-13-11-8-2)40-68-41-49(53(61)56-42(9-3)36-63-39-52(60)67-55(4,5)6)57-54(62)65-38-48-46-32-28-26-30-44(46)45-31-27-29-33-47(45)48/h26-33,42-43,48-49H,7-25,34-41H2,1-6H3,(H,56,61)(H,57,62)/t42-,43+,49-/m0/s1. The fraction of sp³-hybridized carbons (Fsp3) is 0.691. The third-order valence-corrected chi connectivity index (χ3v) is 13.2. The Kier molecular flexibility index (Phi) is 29.3. The van der Waals surface area contributed by atoms with E-state index in [0.717, 1.165) is 67.2 Å². The van der Waals surface area contributed by atoms with Gasteiger partial charge in [-0.15, -0.1) is 0 Å². The van der Waals surface area contributed by atoms with Crippen molar-refractivity contribution in [3.8, 4) is 11.1 Å². The number of unbranched alkanes of at least 4 members (excludes halogenated alkanes) is 16. The lowest BCUT2D eigenvalue weighted by molar-refractivity contribution is -0.160. The molecule has 2 amide bonds. The molecule has 3 atom stereocenters. The third kappa shape index (κ3) is 24.4. The average Bonchev–Trinajstić information content (AvgIpc) is 3.63. The number of hydrogen-bond donors (Lipinski definition) is 2. The van der Waals surface area contributed by atoms with Crippen molar-refractivity contribution in [3.05, 3.63) is 59.7 Å². The number of rotatable bonds is 37. The fourth-order valence-corrected chi connectivity index (χ4v) is 9.31. The van der Waals surface area contributed by atoms with Crippen LogP contribution in [-0.4, -0.2) is 91.6 Å². The van der Waals surface area contributed by atoms with E-state index in [2.05, 4.69) is 36.6 Å². The molecular formula is C55H86N2O10S. The first-order valence-corrected chi connectivity index (χ1v) is 27.1. The molecule has 382 valence electrons. The van der Waals surface area contributed by atoms with E-state index in [1.165, 1.54) is 82.4 Å². The smallest absolute Gasteiger partial charge is 0.407 e. The number of amides is 2. The summed E-state index contributed by atoms with van der Waals surface area (Å²) in [5.41, 5.74) is 3.67. The molecule has 1 aliphatic rings. The van der Waals surface area contributed by atoms with Crippen molar-refractivity contribution in [1.29, 1.82) is 0 Å². The molecule has 0 saturated carbocycles. The highest BCUT2D eigenvalue weighted by Gasteiger charge is 2.31. The van der Waals surface area contributed by atoms with Crippen LogP contribution < -0.4 is 10.6 Å². The lowest BCUT2D eigenvalue weighted by atomic mass is 9.98. The zero-order valence-corrected chi connectivity index (χ0v) is 43.3. The van der Waals surface area contributed by atoms with Crippen LogP contribution in [0.5, 0.6) is 0 Å². The number of carbonyl (C=O) groups is 5. The second-order valence-electron chi connectivity index (χ2n) is 19.2. The highest BCUT2D eigenvalue weighted by molar-refractivity contribution is 7.99. The number of esters is 3. The molecule has 0 aromatic heterocycles. The van der Waals surface area contributed by atoms with E-state index in [4.69, 9.17) is 23.7 Å². The zero-order chi connectivity index (χ0) is 49.4. The molecule has 0 saturated heterocycles. The zero-order valence-electron chi connectivity index (χ0n) is 42.5. The van der Waals surface area contributed by atoms with Crippen molar-refractivity contribution in [2.75, 3.05) is 37.9 Å². The third-order valence-electron chi connectivity index (χ3n) is 12.0. The quantitative estimate of drug-likeness (QED) is 0.0377. The van der Waals surface area contributed by atoms with E-state index in [-0.39, 0.29) is 62.2 Å². The first-order chi connectivity index (χ1) is 32.8. The summed E-state index contributed by atoms with van der Waals surface area (Å²) in [6.45, 7) is 11.4. The Bertz CT molecular complexity index is 1720. The summed E-state index contributed by atoms with van der Waals surface area (Å²) in [6, 6.07) is 14.6. The molecule has 12 nitrogen and oxygen atoms in total. The van der Waals surface area contributed by atoms with Gasteiger partial charge >= 0.3 is 24.0 Å². The number of benzene rings is 2. The summed E-state index contributed by atoms with van der Waals surface area (Å²) in [4.78, 5) is 65.8. The van der Waals surface area contributed by atoms with E-state index in [0.29, 0.717) is 12.8 Å². The number of hydrogen-bond acceptors (Lipinski definition) is 11. The van der Waals surface area contributed by atoms with Crippen LogP contribution in [0, 0.1) is 0 Å². The van der Waals surface area contributed by atoms with Gasteiger partial charge in [0, 0.05) is 30.3 Å². The van der Waals surface area contributed by atoms with Gasteiger partial charge in [0.2, 0.25) is 5.91 Å². The summed E-state index contributed by atoms with van der Waals surface area (Å²) >= 11 is 1.30. The van der Waals surface area contributed by atoms with Gasteiger partial charge in [-0.05, 0) is 62.3 Å². The van der Waals surface area contributed by atoms with Crippen LogP contribution in [0.2, 0.25) is 0 Å². The van der Waals surface area contributed by atoms with Crippen LogP contribution in [0.4, 0.5) is 4.79 Å². The van der Waals surface area contributed by atoms with Gasteiger partial charge in [0.05, 0.1) is 12.6 Å². The van der Waals surface area contributed by atoms with Gasteiger partial charge in [-0.3, -0.25) is 14.4 Å². The molecule has 0 fully saturated rings. The molecule has 1 aliphatic carbocycles. The Morgan fingerprint density at radius 3 is 1.65 bits per heavy atom. The molecular weight excluding hydrogens is 881 g/mol. The first kappa shape index (κ1) is 58.2. The highest BCUT2D eigenvalue weighted by atomic mass is 32.2. The molecule has 13 heteroatoms. The van der Waals surface area contributed by atoms with Gasteiger partial charge in [-0.25, -0.2) is 9.59 Å². The Labute approximate surface area is 413 Å². The van der Waals surface area contributed by atoms with Crippen molar-refractivity contribution >= 4 is 41.7 Å². The van der Waals surface area contributed by atoms with Crippen molar-refractivity contribution in [2.24, 2.45) is 0 Å². The van der Waals surface area contributed by atoms with Crippen LogP contribution in [-0.2, 0) is 42.9 Å². The molecule has 2 aromatic carbocycles. The maximum absolute atomic E-state index is 14.0. The topological polar surface area (TPSA) is 156 Å². The lowest BCUT2D eigenvalue weighted by Crippen LogP contribution is -2.52. The van der Waals surface area contributed by atoms with Gasteiger partial charge in [-0.1, -0.05) is 172 Å². The molecule has 68 heavy (non-hydrogen) atoms. The molecule has 0 bridgehead atoms. The van der Waals surface area contributed by atoms with Gasteiger partial charge in [-0.2, -0.15) is 11.8 Å². The number of alkyl carbamates (subject to hydrolysis) is 1. The minimum Gasteiger partial charge on any atom is -0.462 e. The minimum absolute atomic E-state index is 0.0493. The second-order valence-corrected chi connectivity index (χ2v) is 20.3. The first-order valence-electron chi connectivity index (χ1n) is 26.0. The largest absolute Gasteiger partial charge is 0.462 e. The van der Waals surface area contributed by atoms with E-state index in [1.807, 2.05) is 43.3 Å². The fourth-order valence-electron chi connectivity index (χ4n) is 8.28. The predicted octanol–water partition coefficient (Wildman–Crippen LogP) is 12.2. The Hall–Kier alpha value is -4.10. The Morgan fingerprint density at radius 1 is 0.603 bits per heavy atom. The van der Waals surface area contributed by atoms with Crippen molar-refractivity contribution in [2.45, 2.75) is 206 Å². The van der Waals surface area contributed by atoms with Crippen LogP contribution in [0.25, 0.3) is 11.1 Å². The SMILES string of the molecule is CCCCCCCCCCCC(=O)OC[C@H](CSC[C@H](NC(=O)OCC1c2ccccc2-c2ccccc21)C(=O)N[C@@H](CC)COCC(=O)OC(C)(C)C)OC(=O)CCCCCCCCCCC. The average molecular weight is 967 g/mol. The summed E-state index contributed by atoms with van der Waals surface area (Å²) in [5, 5.41) is 5.76. The molecule has 0 unspecified atom stereocenters. The number of thioether (sulfide) groups is 1. The Balaban J connectivity index is 1.64. The molecule has 0 spiro atoms. The number of ether oxygens (including phenoxy) is 5. The van der Waals surface area contributed by atoms with E-state index < -0.39 is 41.8 Å². The Morgan fingerprint density at radius 2 is 1.12 bits per heavy atom. The van der Waals surface area contributed by atoms with Crippen molar-refractivity contribution in [3.63, 3.8) is 0 Å². The van der Waals surface area contributed by atoms with Crippen molar-refractivity contribution in [1.82, 2.24) is 10.6 Å². The van der Waals surface area contributed by atoms with Crippen LogP contribution in [0.1, 0.15) is 193 Å². The normalized spacial score (nSPS) is 13.4. The predicted molar refractivity (Wildman–Crippen MR) is 273 cm³/mol. The van der Waals surface area contributed by atoms with Crippen molar-refractivity contribution < 1.29 is 47.7 Å². The van der Waals surface area contributed by atoms with E-state index in [1.54, 1.807) is 20.8 Å². The van der Waals surface area contributed by atoms with Gasteiger partial charge < -0.3 is 34.3 Å². The highest BCUT2D eigenvalue weighted by Crippen LogP contribution is 2.44. The molecule has 2 N–H and O–H groups in total. The van der Waals surface area contributed by atoms with Gasteiger partial charge in [0.15, 0.2) is 0 Å². The summed E-state index contributed by atoms with van der Waals surface area (Å²) in [5.74, 6) is -1.50. The minimum atomic E-state index is -1.05. The lowest BCUT2D eigenvalue weighted by Gasteiger charge is -2.24. The number of fused-ring (bicyclic) bond motifs is 3. The molecule has 0 heterocycles. The molecule has 3 rings (SSSR count). The van der Waals surface area contributed by atoms with E-state index in [9.17, 15) is 24.0 Å².